The topological polar surface area (TPSA) is 94.1 Å². The maximum Gasteiger partial charge on any atom is 0.336 e. The molecule has 2 N–H and O–H groups in total. The zero-order chi connectivity index (χ0) is 24.6. The molecule has 0 spiro atoms. The monoisotopic (exact) mass is 527 g/mol. The Hall–Kier alpha value is -3.26. The molecule has 2 aromatic carbocycles. The van der Waals surface area contributed by atoms with E-state index in [9.17, 15) is 14.7 Å². The first-order valence-electron chi connectivity index (χ1n) is 10.8. The summed E-state index contributed by atoms with van der Waals surface area (Å²) in [7, 11) is 4.39. The Morgan fingerprint density at radius 1 is 1.09 bits per heavy atom. The number of para-hydroxylation sites is 1. The predicted molar refractivity (Wildman–Crippen MR) is 130 cm³/mol. The van der Waals surface area contributed by atoms with Gasteiger partial charge in [-0.25, -0.2) is 4.79 Å². The van der Waals surface area contributed by atoms with E-state index in [1.165, 1.54) is 14.2 Å². The number of aromatic hydroxyl groups is 1. The Morgan fingerprint density at radius 2 is 1.79 bits per heavy atom. The van der Waals surface area contributed by atoms with Gasteiger partial charge in [-0.3, -0.25) is 4.79 Å². The van der Waals surface area contributed by atoms with Crippen molar-refractivity contribution in [2.45, 2.75) is 31.6 Å². The molecule has 178 valence electrons. The summed E-state index contributed by atoms with van der Waals surface area (Å²) in [5.41, 5.74) is 3.87. The second-order valence-electron chi connectivity index (χ2n) is 8.30. The molecule has 0 amide bonds. The number of nitrogens with one attached hydrogen (secondary N) is 1. The lowest BCUT2D eigenvalue weighted by Gasteiger charge is -2.37. The van der Waals surface area contributed by atoms with E-state index in [0.29, 0.717) is 33.3 Å². The van der Waals surface area contributed by atoms with Crippen molar-refractivity contribution in [2.75, 3.05) is 21.3 Å². The van der Waals surface area contributed by atoms with E-state index in [0.717, 1.165) is 17.0 Å². The molecular formula is C26H26BrNO6. The van der Waals surface area contributed by atoms with Crippen molar-refractivity contribution in [3.63, 3.8) is 0 Å². The molecule has 4 rings (SSSR count). The van der Waals surface area contributed by atoms with Crippen molar-refractivity contribution >= 4 is 27.7 Å². The minimum absolute atomic E-state index is 0.0547. The number of halogens is 1. The Balaban J connectivity index is 1.87. The first-order valence-corrected chi connectivity index (χ1v) is 11.6. The van der Waals surface area contributed by atoms with Gasteiger partial charge in [0.05, 0.1) is 31.4 Å². The molecule has 2 aliphatic rings. The van der Waals surface area contributed by atoms with Crippen LogP contribution in [0.3, 0.4) is 0 Å². The maximum atomic E-state index is 13.7. The number of esters is 1. The minimum atomic E-state index is -0.666. The molecule has 1 heterocycles. The summed E-state index contributed by atoms with van der Waals surface area (Å²) in [6.45, 7) is 1.80. The van der Waals surface area contributed by atoms with Gasteiger partial charge in [0, 0.05) is 35.2 Å². The zero-order valence-corrected chi connectivity index (χ0v) is 21.0. The van der Waals surface area contributed by atoms with Gasteiger partial charge in [0.25, 0.3) is 0 Å². The number of dihydropyridines is 1. The second kappa shape index (κ2) is 9.54. The molecule has 0 bridgehead atoms. The fraction of sp³-hybridized carbons (Fsp3) is 0.308. The van der Waals surface area contributed by atoms with Crippen LogP contribution in [-0.2, 0) is 14.3 Å². The van der Waals surface area contributed by atoms with E-state index in [-0.39, 0.29) is 29.6 Å². The van der Waals surface area contributed by atoms with Crippen LogP contribution in [-0.4, -0.2) is 38.2 Å². The van der Waals surface area contributed by atoms with Crippen molar-refractivity contribution in [3.05, 3.63) is 74.5 Å². The molecule has 8 heteroatoms. The average molecular weight is 528 g/mol. The predicted octanol–water partition coefficient (Wildman–Crippen LogP) is 4.71. The van der Waals surface area contributed by atoms with E-state index < -0.39 is 11.9 Å². The summed E-state index contributed by atoms with van der Waals surface area (Å²) in [5, 5.41) is 13.6. The van der Waals surface area contributed by atoms with Crippen molar-refractivity contribution in [2.24, 2.45) is 0 Å². The van der Waals surface area contributed by atoms with Gasteiger partial charge in [0.2, 0.25) is 0 Å². The van der Waals surface area contributed by atoms with Crippen LogP contribution < -0.4 is 14.8 Å². The maximum absolute atomic E-state index is 13.7. The van der Waals surface area contributed by atoms with Crippen molar-refractivity contribution in [1.29, 1.82) is 0 Å². The minimum Gasteiger partial charge on any atom is -0.503 e. The number of hydrogen-bond acceptors (Lipinski definition) is 7. The SMILES string of the molecule is COC(=O)C1=C(C)NC2=C(C(=O)C[C@@H](c3ccccc3OC)C2)[C@H]1c1cc(Br)c(O)c(OC)c1. The number of phenols is 1. The normalized spacial score (nSPS) is 20.0. The van der Waals surface area contributed by atoms with E-state index in [1.54, 1.807) is 26.2 Å². The van der Waals surface area contributed by atoms with Gasteiger partial charge in [0.1, 0.15) is 5.75 Å². The largest absolute Gasteiger partial charge is 0.503 e. The number of phenolic OH excluding ortho intramolecular Hbond substituents is 1. The fourth-order valence-electron chi connectivity index (χ4n) is 4.89. The van der Waals surface area contributed by atoms with Gasteiger partial charge >= 0.3 is 5.97 Å². The van der Waals surface area contributed by atoms with Gasteiger partial charge in [0.15, 0.2) is 17.3 Å². The second-order valence-corrected chi connectivity index (χ2v) is 9.16. The number of carbonyl (C=O) groups is 2. The van der Waals surface area contributed by atoms with Crippen molar-refractivity contribution in [1.82, 2.24) is 5.32 Å². The zero-order valence-electron chi connectivity index (χ0n) is 19.4. The van der Waals surface area contributed by atoms with E-state index >= 15 is 0 Å². The number of allylic oxidation sites excluding steroid dienone is 3. The molecule has 0 saturated heterocycles. The van der Waals surface area contributed by atoms with E-state index in [1.807, 2.05) is 24.3 Å². The third-order valence-corrected chi connectivity index (χ3v) is 7.02. The summed E-state index contributed by atoms with van der Waals surface area (Å²) < 4.78 is 16.3. The molecule has 0 aromatic heterocycles. The molecule has 2 aromatic rings. The molecule has 2 atom stereocenters. The Bertz CT molecular complexity index is 1230. The Labute approximate surface area is 206 Å². The van der Waals surface area contributed by atoms with E-state index in [4.69, 9.17) is 14.2 Å². The number of Topliss-reactive ketones (excluding diaryl/α,β-unsaturated/α-hetero) is 1. The van der Waals surface area contributed by atoms with Crippen LogP contribution >= 0.6 is 15.9 Å². The highest BCUT2D eigenvalue weighted by Crippen LogP contribution is 2.48. The molecule has 0 unspecified atom stereocenters. The summed E-state index contributed by atoms with van der Waals surface area (Å²) in [6.07, 6.45) is 0.863. The van der Waals surface area contributed by atoms with E-state index in [2.05, 4.69) is 21.2 Å². The van der Waals surface area contributed by atoms with Crippen LogP contribution in [0, 0.1) is 0 Å². The molecule has 34 heavy (non-hydrogen) atoms. The molecule has 0 saturated carbocycles. The Kier molecular flexibility index (Phi) is 6.70. The van der Waals surface area contributed by atoms with Crippen LogP contribution in [0.1, 0.15) is 42.7 Å². The number of methoxy groups -OCH3 is 3. The van der Waals surface area contributed by atoms with Crippen molar-refractivity contribution < 1.29 is 28.9 Å². The third kappa shape index (κ3) is 4.07. The molecule has 0 fully saturated rings. The summed E-state index contributed by atoms with van der Waals surface area (Å²) in [6, 6.07) is 11.1. The summed E-state index contributed by atoms with van der Waals surface area (Å²) in [5.74, 6) is -0.393. The van der Waals surface area contributed by atoms with Gasteiger partial charge in [-0.15, -0.1) is 0 Å². The van der Waals surface area contributed by atoms with Crippen LogP contribution in [0.25, 0.3) is 0 Å². The van der Waals surface area contributed by atoms with Crippen molar-refractivity contribution in [3.8, 4) is 17.2 Å². The number of carbonyl (C=O) groups excluding carboxylic acids is 2. The quantitative estimate of drug-likeness (QED) is 0.543. The van der Waals surface area contributed by atoms with Gasteiger partial charge < -0.3 is 24.6 Å². The molecule has 7 nitrogen and oxygen atoms in total. The first kappa shape index (κ1) is 23.9. The van der Waals surface area contributed by atoms with Crippen LogP contribution in [0.4, 0.5) is 0 Å². The van der Waals surface area contributed by atoms with Gasteiger partial charge in [-0.2, -0.15) is 0 Å². The fourth-order valence-corrected chi connectivity index (χ4v) is 5.35. The molecule has 1 aliphatic heterocycles. The van der Waals surface area contributed by atoms with Crippen LogP contribution in [0.2, 0.25) is 0 Å². The lowest BCUT2D eigenvalue weighted by atomic mass is 9.71. The van der Waals surface area contributed by atoms with Gasteiger partial charge in [-0.05, 0) is 58.6 Å². The number of ketones is 1. The average Bonchev–Trinajstić information content (AvgIpc) is 2.84. The number of hydrogen-bond donors (Lipinski definition) is 2. The number of benzene rings is 2. The highest BCUT2D eigenvalue weighted by atomic mass is 79.9. The van der Waals surface area contributed by atoms with Crippen LogP contribution in [0.5, 0.6) is 17.2 Å². The summed E-state index contributed by atoms with van der Waals surface area (Å²) >= 11 is 3.36. The third-order valence-electron chi connectivity index (χ3n) is 6.42. The highest BCUT2D eigenvalue weighted by Gasteiger charge is 2.42. The van der Waals surface area contributed by atoms with Crippen LogP contribution in [0.15, 0.2) is 63.4 Å². The number of ether oxygens (including phenoxy) is 3. The molecular weight excluding hydrogens is 502 g/mol. The number of rotatable bonds is 5. The summed E-state index contributed by atoms with van der Waals surface area (Å²) in [4.78, 5) is 26.5. The molecule has 0 radical (unpaired) electrons. The standard InChI is InChI=1S/C26H26BrNO6/c1-13-22(26(31)34-4)23(15-9-17(27)25(30)21(12-15)33-3)24-18(28-13)10-14(11-19(24)29)16-7-5-6-8-20(16)32-2/h5-9,12,14,23,28,30H,10-11H2,1-4H3/t14-,23-/m0/s1. The lowest BCUT2D eigenvalue weighted by Crippen LogP contribution is -2.36. The van der Waals surface area contributed by atoms with Gasteiger partial charge in [-0.1, -0.05) is 18.2 Å². The lowest BCUT2D eigenvalue weighted by molar-refractivity contribution is -0.136. The first-order chi connectivity index (χ1) is 16.3. The Morgan fingerprint density at radius 3 is 2.47 bits per heavy atom. The highest BCUT2D eigenvalue weighted by molar-refractivity contribution is 9.10. The molecule has 1 aliphatic carbocycles. The smallest absolute Gasteiger partial charge is 0.336 e.